The van der Waals surface area contributed by atoms with Gasteiger partial charge in [-0.15, -0.1) is 0 Å². The molecule has 0 saturated heterocycles. The normalized spacial score (nSPS) is 11.6. The average Bonchev–Trinajstić information content (AvgIpc) is 2.85. The Hall–Kier alpha value is -4.02. The summed E-state index contributed by atoms with van der Waals surface area (Å²) in [6.07, 6.45) is -6.23. The van der Waals surface area contributed by atoms with Crippen molar-refractivity contribution in [1.82, 2.24) is 12.3 Å². The van der Waals surface area contributed by atoms with E-state index in [0.29, 0.717) is 0 Å². The number of rotatable bonds is 7. The first-order chi connectivity index (χ1) is 16.6. The third-order valence-electron chi connectivity index (χ3n) is 5.25. The van der Waals surface area contributed by atoms with Gasteiger partial charge in [-0.3, -0.25) is 0 Å². The van der Waals surface area contributed by atoms with Gasteiger partial charge >= 0.3 is 12.1 Å². The van der Waals surface area contributed by atoms with E-state index in [1.807, 2.05) is 0 Å². The fourth-order valence-electron chi connectivity index (χ4n) is 3.59. The zero-order valence-electron chi connectivity index (χ0n) is 19.4. The van der Waals surface area contributed by atoms with Gasteiger partial charge in [0.15, 0.2) is 0 Å². The lowest BCUT2D eigenvalue weighted by atomic mass is 9.81. The van der Waals surface area contributed by atoms with Gasteiger partial charge in [0.2, 0.25) is 5.67 Å². The first-order valence-corrected chi connectivity index (χ1v) is 10.4. The van der Waals surface area contributed by atoms with Gasteiger partial charge in [0.25, 0.3) is 0 Å². The lowest BCUT2D eigenvalue weighted by molar-refractivity contribution is -0.323. The minimum atomic E-state index is -6.23. The summed E-state index contributed by atoms with van der Waals surface area (Å²) < 4.78 is 99.5. The third-order valence-corrected chi connectivity index (χ3v) is 5.25. The molecule has 0 atom stereocenters. The number of hydrogen-bond donors (Lipinski definition) is 2. The highest BCUT2D eigenvalue weighted by molar-refractivity contribution is 5.54. The standard InChI is InChI=1S/C27H18F6O2.2H3N/c28-25(26(29,30)27(31,32)33,21-15-7-9-17-23(21)34-19-11-3-1-4-12-19)22-16-8-10-18-24(22)35-20-13-5-2-6-14-20;;/h1-18H;2*1H3. The number of alkyl halides is 6. The van der Waals surface area contributed by atoms with Crippen LogP contribution in [0.15, 0.2) is 109 Å². The van der Waals surface area contributed by atoms with Gasteiger partial charge in [0, 0.05) is 11.1 Å². The molecule has 0 aromatic heterocycles. The Morgan fingerprint density at radius 3 is 1.11 bits per heavy atom. The molecule has 0 aliphatic heterocycles. The number of ether oxygens (including phenoxy) is 2. The van der Waals surface area contributed by atoms with Gasteiger partial charge in [0.05, 0.1) is 0 Å². The molecule has 4 nitrogen and oxygen atoms in total. The fourth-order valence-corrected chi connectivity index (χ4v) is 3.59. The van der Waals surface area contributed by atoms with E-state index >= 15 is 13.2 Å². The maximum absolute atomic E-state index is 16.8. The molecule has 196 valence electrons. The summed E-state index contributed by atoms with van der Waals surface area (Å²) in [6, 6.07) is 24.4. The highest BCUT2D eigenvalue weighted by Gasteiger charge is 2.74. The van der Waals surface area contributed by atoms with E-state index < -0.39 is 40.4 Å². The average molecular weight is 522 g/mol. The summed E-state index contributed by atoms with van der Waals surface area (Å²) in [5.74, 6) is -6.59. The Morgan fingerprint density at radius 2 is 0.757 bits per heavy atom. The van der Waals surface area contributed by atoms with Crippen LogP contribution in [-0.2, 0) is 5.67 Å². The minimum absolute atomic E-state index is 0. The van der Waals surface area contributed by atoms with Crippen molar-refractivity contribution < 1.29 is 35.8 Å². The highest BCUT2D eigenvalue weighted by atomic mass is 19.4. The second-order valence-electron chi connectivity index (χ2n) is 7.55. The maximum Gasteiger partial charge on any atom is 0.457 e. The molecule has 0 aliphatic carbocycles. The SMILES string of the molecule is FC(F)(F)C(F)(F)C(F)(c1ccccc1Oc1ccccc1)c1ccccc1Oc1ccccc1.N.N. The Labute approximate surface area is 209 Å². The van der Waals surface area contributed by atoms with Crippen molar-refractivity contribution in [3.8, 4) is 23.0 Å². The van der Waals surface area contributed by atoms with Crippen molar-refractivity contribution in [2.24, 2.45) is 0 Å². The van der Waals surface area contributed by atoms with Gasteiger partial charge in [-0.2, -0.15) is 22.0 Å². The van der Waals surface area contributed by atoms with Crippen LogP contribution < -0.4 is 21.8 Å². The predicted octanol–water partition coefficient (Wildman–Crippen LogP) is 9.01. The van der Waals surface area contributed by atoms with Crippen LogP contribution in [0, 0.1) is 0 Å². The smallest absolute Gasteiger partial charge is 0.457 e. The number of halogens is 6. The molecule has 0 saturated carbocycles. The first-order valence-electron chi connectivity index (χ1n) is 10.4. The molecule has 10 heteroatoms. The molecule has 0 aliphatic rings. The Bertz CT molecular complexity index is 1200. The van der Waals surface area contributed by atoms with E-state index in [0.717, 1.165) is 36.4 Å². The highest BCUT2D eigenvalue weighted by Crippen LogP contribution is 2.58. The van der Waals surface area contributed by atoms with Crippen LogP contribution in [0.2, 0.25) is 0 Å². The molecule has 0 bridgehead atoms. The van der Waals surface area contributed by atoms with Crippen molar-refractivity contribution in [2.75, 3.05) is 0 Å². The van der Waals surface area contributed by atoms with E-state index in [2.05, 4.69) is 0 Å². The molecule has 0 fully saturated rings. The maximum atomic E-state index is 16.8. The van der Waals surface area contributed by atoms with Crippen molar-refractivity contribution in [3.63, 3.8) is 0 Å². The monoisotopic (exact) mass is 522 g/mol. The van der Waals surface area contributed by atoms with E-state index in [1.165, 1.54) is 36.4 Å². The molecule has 0 spiro atoms. The van der Waals surface area contributed by atoms with Gasteiger partial charge in [0.1, 0.15) is 23.0 Å². The van der Waals surface area contributed by atoms with Crippen molar-refractivity contribution >= 4 is 0 Å². The summed E-state index contributed by atoms with van der Waals surface area (Å²) >= 11 is 0. The molecule has 4 aromatic carbocycles. The molecule has 0 unspecified atom stereocenters. The van der Waals surface area contributed by atoms with Crippen LogP contribution in [0.5, 0.6) is 23.0 Å². The lowest BCUT2D eigenvalue weighted by Gasteiger charge is -2.36. The van der Waals surface area contributed by atoms with Crippen LogP contribution in [0.4, 0.5) is 26.3 Å². The molecule has 0 heterocycles. The Kier molecular flexibility index (Phi) is 8.97. The Morgan fingerprint density at radius 1 is 0.432 bits per heavy atom. The summed E-state index contributed by atoms with van der Waals surface area (Å²) in [7, 11) is 0. The van der Waals surface area contributed by atoms with Crippen LogP contribution >= 0.6 is 0 Å². The number of para-hydroxylation sites is 4. The quantitative estimate of drug-likeness (QED) is 0.237. The topological polar surface area (TPSA) is 88.5 Å². The van der Waals surface area contributed by atoms with Crippen LogP contribution in [0.3, 0.4) is 0 Å². The van der Waals surface area contributed by atoms with Crippen molar-refractivity contribution in [2.45, 2.75) is 17.8 Å². The summed E-state index contributed by atoms with van der Waals surface area (Å²) in [6.45, 7) is 0. The summed E-state index contributed by atoms with van der Waals surface area (Å²) in [5.41, 5.74) is -6.41. The molecular formula is C27H24F6N2O2. The minimum Gasteiger partial charge on any atom is -0.457 e. The molecule has 6 N–H and O–H groups in total. The lowest BCUT2D eigenvalue weighted by Crippen LogP contribution is -2.53. The largest absolute Gasteiger partial charge is 0.457 e. The van der Waals surface area contributed by atoms with Gasteiger partial charge in [-0.25, -0.2) is 4.39 Å². The van der Waals surface area contributed by atoms with Crippen molar-refractivity contribution in [3.05, 3.63) is 120 Å². The van der Waals surface area contributed by atoms with E-state index in [9.17, 15) is 13.2 Å². The molecular weight excluding hydrogens is 498 g/mol. The molecule has 37 heavy (non-hydrogen) atoms. The van der Waals surface area contributed by atoms with Crippen LogP contribution in [0.25, 0.3) is 0 Å². The number of hydrogen-bond acceptors (Lipinski definition) is 4. The second-order valence-corrected chi connectivity index (χ2v) is 7.55. The van der Waals surface area contributed by atoms with Gasteiger partial charge in [-0.05, 0) is 36.4 Å². The number of benzene rings is 4. The fraction of sp³-hybridized carbons (Fsp3) is 0.111. The molecule has 0 amide bonds. The van der Waals surface area contributed by atoms with Crippen molar-refractivity contribution in [1.29, 1.82) is 0 Å². The first kappa shape index (κ1) is 29.2. The molecule has 4 aromatic rings. The van der Waals surface area contributed by atoms with E-state index in [1.54, 1.807) is 36.4 Å². The summed E-state index contributed by atoms with van der Waals surface area (Å²) in [4.78, 5) is 0. The van der Waals surface area contributed by atoms with E-state index in [4.69, 9.17) is 9.47 Å². The Balaban J connectivity index is 0.00000241. The zero-order valence-corrected chi connectivity index (χ0v) is 19.4. The molecule has 4 rings (SSSR count). The van der Waals surface area contributed by atoms with Gasteiger partial charge < -0.3 is 21.8 Å². The summed E-state index contributed by atoms with van der Waals surface area (Å²) in [5, 5.41) is 0. The van der Waals surface area contributed by atoms with E-state index in [-0.39, 0.29) is 23.8 Å². The third kappa shape index (κ3) is 5.55. The second kappa shape index (κ2) is 11.4. The predicted molar refractivity (Wildman–Crippen MR) is 129 cm³/mol. The van der Waals surface area contributed by atoms with Crippen LogP contribution in [0.1, 0.15) is 11.1 Å². The zero-order chi connectivity index (χ0) is 25.1. The van der Waals surface area contributed by atoms with Gasteiger partial charge in [-0.1, -0.05) is 72.8 Å². The molecule has 0 radical (unpaired) electrons. The van der Waals surface area contributed by atoms with Crippen LogP contribution in [-0.4, -0.2) is 12.1 Å².